The van der Waals surface area contributed by atoms with E-state index in [1.165, 1.54) is 4.90 Å². The summed E-state index contributed by atoms with van der Waals surface area (Å²) in [6.45, 7) is 5.58. The molecule has 106 valence electrons. The fraction of sp³-hybridized carbons (Fsp3) is 0.636. The number of amides is 2. The number of carbonyl (C=O) groups is 2. The van der Waals surface area contributed by atoms with Crippen molar-refractivity contribution in [1.29, 1.82) is 0 Å². The Morgan fingerprint density at radius 2 is 2.16 bits per heavy atom. The second-order valence-corrected chi connectivity index (χ2v) is 4.56. The summed E-state index contributed by atoms with van der Waals surface area (Å²) in [5.41, 5.74) is 0. The summed E-state index contributed by atoms with van der Waals surface area (Å²) in [6, 6.07) is -0.466. The zero-order valence-electron chi connectivity index (χ0n) is 11.2. The highest BCUT2D eigenvalue weighted by atomic mass is 16.5. The van der Waals surface area contributed by atoms with Crippen molar-refractivity contribution in [3.63, 3.8) is 0 Å². The van der Waals surface area contributed by atoms with Crippen molar-refractivity contribution >= 4 is 12.0 Å². The van der Waals surface area contributed by atoms with Crippen molar-refractivity contribution in [2.75, 3.05) is 13.1 Å². The molecule has 0 unspecified atom stereocenters. The zero-order chi connectivity index (χ0) is 14.4. The lowest BCUT2D eigenvalue weighted by Crippen LogP contribution is -2.44. The number of rotatable bonds is 6. The molecule has 1 heterocycles. The van der Waals surface area contributed by atoms with Crippen molar-refractivity contribution in [1.82, 2.24) is 20.4 Å². The van der Waals surface area contributed by atoms with Gasteiger partial charge >= 0.3 is 12.0 Å². The van der Waals surface area contributed by atoms with E-state index in [4.69, 9.17) is 9.63 Å². The van der Waals surface area contributed by atoms with Gasteiger partial charge in [0.15, 0.2) is 5.82 Å². The number of hydrogen-bond donors (Lipinski definition) is 2. The van der Waals surface area contributed by atoms with E-state index in [0.29, 0.717) is 12.4 Å². The minimum atomic E-state index is -1.05. The summed E-state index contributed by atoms with van der Waals surface area (Å²) >= 11 is 0. The molecule has 0 aliphatic carbocycles. The molecule has 0 radical (unpaired) electrons. The molecular formula is C11H18N4O4. The van der Waals surface area contributed by atoms with E-state index in [9.17, 15) is 9.59 Å². The van der Waals surface area contributed by atoms with Gasteiger partial charge in [0.2, 0.25) is 5.89 Å². The molecule has 0 spiro atoms. The van der Waals surface area contributed by atoms with Gasteiger partial charge in [-0.1, -0.05) is 19.0 Å². The van der Waals surface area contributed by atoms with Gasteiger partial charge in [0, 0.05) is 6.54 Å². The number of nitrogens with one attached hydrogen (secondary N) is 1. The minimum absolute atomic E-state index is 0.0773. The van der Waals surface area contributed by atoms with Gasteiger partial charge in [-0.3, -0.25) is 4.79 Å². The summed E-state index contributed by atoms with van der Waals surface area (Å²) in [5.74, 6) is -0.111. The van der Waals surface area contributed by atoms with E-state index in [1.807, 2.05) is 13.8 Å². The Labute approximate surface area is 110 Å². The lowest BCUT2D eigenvalue weighted by atomic mass is 10.2. The van der Waals surface area contributed by atoms with E-state index in [-0.39, 0.29) is 24.9 Å². The Hall–Kier alpha value is -2.12. The third-order valence-electron chi connectivity index (χ3n) is 2.16. The standard InChI is InChI=1S/C11H18N4O4/c1-7(2)5-15(6-10(16)17)11(18)12-4-9-13-8(3)14-19-9/h7H,4-6H2,1-3H3,(H,12,18)(H,16,17). The summed E-state index contributed by atoms with van der Waals surface area (Å²) in [6.07, 6.45) is 0. The maximum atomic E-state index is 11.9. The van der Waals surface area contributed by atoms with Crippen molar-refractivity contribution in [2.45, 2.75) is 27.3 Å². The SMILES string of the molecule is Cc1noc(CNC(=O)N(CC(=O)O)CC(C)C)n1. The normalized spacial score (nSPS) is 10.5. The van der Waals surface area contributed by atoms with Gasteiger partial charge in [-0.2, -0.15) is 4.98 Å². The molecule has 8 nitrogen and oxygen atoms in total. The van der Waals surface area contributed by atoms with Crippen molar-refractivity contribution in [3.05, 3.63) is 11.7 Å². The molecular weight excluding hydrogens is 252 g/mol. The Kier molecular flexibility index (Phi) is 5.28. The number of urea groups is 1. The first-order valence-electron chi connectivity index (χ1n) is 5.92. The Bertz CT molecular complexity index is 444. The number of carboxylic acid groups (broad SMARTS) is 1. The fourth-order valence-electron chi connectivity index (χ4n) is 1.50. The number of hydrogen-bond acceptors (Lipinski definition) is 5. The van der Waals surface area contributed by atoms with E-state index in [2.05, 4.69) is 15.5 Å². The molecule has 2 N–H and O–H groups in total. The topological polar surface area (TPSA) is 109 Å². The highest BCUT2D eigenvalue weighted by Crippen LogP contribution is 2.01. The molecule has 1 aromatic heterocycles. The molecule has 0 bridgehead atoms. The molecule has 1 aromatic rings. The van der Waals surface area contributed by atoms with E-state index in [0.717, 1.165) is 0 Å². The number of nitrogens with zero attached hydrogens (tertiary/aromatic N) is 3. The van der Waals surface area contributed by atoms with Crippen molar-refractivity contribution in [3.8, 4) is 0 Å². The fourth-order valence-corrected chi connectivity index (χ4v) is 1.50. The molecule has 19 heavy (non-hydrogen) atoms. The quantitative estimate of drug-likeness (QED) is 0.784. The van der Waals surface area contributed by atoms with Crippen LogP contribution in [0.3, 0.4) is 0 Å². The van der Waals surface area contributed by atoms with Crippen LogP contribution in [0, 0.1) is 12.8 Å². The number of aryl methyl sites for hydroxylation is 1. The predicted molar refractivity (Wildman–Crippen MR) is 65.3 cm³/mol. The first kappa shape index (κ1) is 14.9. The second kappa shape index (κ2) is 6.72. The molecule has 0 saturated heterocycles. The molecule has 8 heteroatoms. The Morgan fingerprint density at radius 3 is 2.63 bits per heavy atom. The maximum absolute atomic E-state index is 11.9. The van der Waals surface area contributed by atoms with Crippen LogP contribution in [-0.4, -0.2) is 45.2 Å². The van der Waals surface area contributed by atoms with Crippen LogP contribution in [0.5, 0.6) is 0 Å². The molecule has 0 aliphatic rings. The zero-order valence-corrected chi connectivity index (χ0v) is 11.2. The van der Waals surface area contributed by atoms with Gasteiger partial charge in [0.1, 0.15) is 6.54 Å². The van der Waals surface area contributed by atoms with Crippen LogP contribution in [0.2, 0.25) is 0 Å². The van der Waals surface area contributed by atoms with Crippen LogP contribution in [-0.2, 0) is 11.3 Å². The van der Waals surface area contributed by atoms with Crippen LogP contribution in [0.4, 0.5) is 4.79 Å². The summed E-state index contributed by atoms with van der Waals surface area (Å²) < 4.78 is 4.85. The number of carbonyl (C=O) groups excluding carboxylic acids is 1. The van der Waals surface area contributed by atoms with Gasteiger partial charge in [0.25, 0.3) is 0 Å². The highest BCUT2D eigenvalue weighted by molar-refractivity contribution is 5.79. The molecule has 0 atom stereocenters. The van der Waals surface area contributed by atoms with Crippen LogP contribution < -0.4 is 5.32 Å². The molecule has 0 fully saturated rings. The van der Waals surface area contributed by atoms with Crippen molar-refractivity contribution < 1.29 is 19.2 Å². The highest BCUT2D eigenvalue weighted by Gasteiger charge is 2.18. The molecule has 0 saturated carbocycles. The average molecular weight is 270 g/mol. The van der Waals surface area contributed by atoms with Crippen LogP contribution in [0.1, 0.15) is 25.6 Å². The monoisotopic (exact) mass is 270 g/mol. The first-order chi connectivity index (χ1) is 8.88. The van der Waals surface area contributed by atoms with Gasteiger partial charge in [-0.05, 0) is 12.8 Å². The predicted octanol–water partition coefficient (Wildman–Crippen LogP) is 0.630. The summed E-state index contributed by atoms with van der Waals surface area (Å²) in [5, 5.41) is 14.9. The molecule has 0 aromatic carbocycles. The van der Waals surface area contributed by atoms with E-state index >= 15 is 0 Å². The number of aromatic nitrogens is 2. The first-order valence-corrected chi connectivity index (χ1v) is 5.92. The molecule has 1 rings (SSSR count). The molecule has 2 amide bonds. The molecule has 0 aliphatic heterocycles. The third-order valence-corrected chi connectivity index (χ3v) is 2.16. The van der Waals surface area contributed by atoms with Crippen LogP contribution >= 0.6 is 0 Å². The third kappa shape index (κ3) is 5.36. The minimum Gasteiger partial charge on any atom is -0.480 e. The maximum Gasteiger partial charge on any atom is 0.323 e. The summed E-state index contributed by atoms with van der Waals surface area (Å²) in [4.78, 5) is 27.7. The number of carboxylic acids is 1. The van der Waals surface area contributed by atoms with Crippen molar-refractivity contribution in [2.24, 2.45) is 5.92 Å². The lowest BCUT2D eigenvalue weighted by Gasteiger charge is -2.22. The van der Waals surface area contributed by atoms with Gasteiger partial charge in [-0.25, -0.2) is 4.79 Å². The Morgan fingerprint density at radius 1 is 1.47 bits per heavy atom. The number of aliphatic carboxylic acids is 1. The van der Waals surface area contributed by atoms with Crippen LogP contribution in [0.15, 0.2) is 4.52 Å². The van der Waals surface area contributed by atoms with E-state index in [1.54, 1.807) is 6.92 Å². The summed E-state index contributed by atoms with van der Waals surface area (Å²) in [7, 11) is 0. The van der Waals surface area contributed by atoms with Crippen LogP contribution in [0.25, 0.3) is 0 Å². The van der Waals surface area contributed by atoms with Gasteiger partial charge in [0.05, 0.1) is 6.54 Å². The Balaban J connectivity index is 2.53. The average Bonchev–Trinajstić information content (AvgIpc) is 2.70. The largest absolute Gasteiger partial charge is 0.480 e. The van der Waals surface area contributed by atoms with Gasteiger partial charge < -0.3 is 19.8 Å². The lowest BCUT2D eigenvalue weighted by molar-refractivity contribution is -0.137. The smallest absolute Gasteiger partial charge is 0.323 e. The second-order valence-electron chi connectivity index (χ2n) is 4.56. The van der Waals surface area contributed by atoms with Gasteiger partial charge in [-0.15, -0.1) is 0 Å². The van der Waals surface area contributed by atoms with E-state index < -0.39 is 12.0 Å².